The Labute approximate surface area is 159 Å². The molecule has 2 aliphatic rings. The molecule has 2 atom stereocenters. The van der Waals surface area contributed by atoms with E-state index in [4.69, 9.17) is 4.74 Å². The van der Waals surface area contributed by atoms with Crippen LogP contribution in [0.3, 0.4) is 0 Å². The Hall–Kier alpha value is -2.66. The average Bonchev–Trinajstić information content (AvgIpc) is 3.23. The molecule has 2 amide bonds. The van der Waals surface area contributed by atoms with E-state index < -0.39 is 12.1 Å². The fourth-order valence-electron chi connectivity index (χ4n) is 3.86. The van der Waals surface area contributed by atoms with E-state index >= 15 is 0 Å². The number of carbonyl (C=O) groups is 2. The van der Waals surface area contributed by atoms with Crippen LogP contribution in [0.2, 0.25) is 0 Å². The van der Waals surface area contributed by atoms with E-state index in [1.807, 2.05) is 55.5 Å². The van der Waals surface area contributed by atoms with Gasteiger partial charge in [-0.2, -0.15) is 0 Å². The number of ether oxygens (including phenoxy) is 1. The van der Waals surface area contributed by atoms with Crippen LogP contribution in [0.5, 0.6) is 0 Å². The van der Waals surface area contributed by atoms with Crippen molar-refractivity contribution in [1.29, 1.82) is 0 Å². The summed E-state index contributed by atoms with van der Waals surface area (Å²) >= 11 is 0. The molecule has 2 aliphatic heterocycles. The number of carbonyl (C=O) groups excluding carboxylic acids is 2. The highest BCUT2D eigenvalue weighted by Gasteiger charge is 2.39. The van der Waals surface area contributed by atoms with Crippen molar-refractivity contribution < 1.29 is 14.3 Å². The summed E-state index contributed by atoms with van der Waals surface area (Å²) in [4.78, 5) is 27.9. The Kier molecular flexibility index (Phi) is 4.94. The maximum atomic E-state index is 13.2. The second-order valence-corrected chi connectivity index (χ2v) is 7.25. The summed E-state index contributed by atoms with van der Waals surface area (Å²) in [5.41, 5.74) is 3.81. The molecule has 2 aromatic rings. The van der Waals surface area contributed by atoms with Crippen LogP contribution in [0.4, 0.5) is 11.4 Å². The molecule has 1 saturated heterocycles. The van der Waals surface area contributed by atoms with Crippen molar-refractivity contribution in [2.45, 2.75) is 44.8 Å². The molecule has 2 aromatic carbocycles. The molecule has 0 aromatic heterocycles. The van der Waals surface area contributed by atoms with Gasteiger partial charge in [-0.15, -0.1) is 0 Å². The third kappa shape index (κ3) is 3.60. The molecule has 27 heavy (non-hydrogen) atoms. The Bertz CT molecular complexity index is 841. The normalized spacial score (nSPS) is 21.6. The van der Waals surface area contributed by atoms with Crippen LogP contribution in [0.25, 0.3) is 0 Å². The van der Waals surface area contributed by atoms with Gasteiger partial charge < -0.3 is 10.1 Å². The summed E-state index contributed by atoms with van der Waals surface area (Å²) < 4.78 is 5.62. The molecule has 1 N–H and O–H groups in total. The minimum Gasteiger partial charge on any atom is -0.368 e. The summed E-state index contributed by atoms with van der Waals surface area (Å²) in [5, 5.41) is 2.97. The van der Waals surface area contributed by atoms with Crippen molar-refractivity contribution in [3.63, 3.8) is 0 Å². The molecule has 0 aliphatic carbocycles. The van der Waals surface area contributed by atoms with Crippen LogP contribution in [0.1, 0.15) is 30.4 Å². The van der Waals surface area contributed by atoms with E-state index in [2.05, 4.69) is 5.32 Å². The number of rotatable bonds is 3. The second kappa shape index (κ2) is 7.53. The molecular formula is C22H24N2O3. The molecule has 2 heterocycles. The molecule has 0 saturated carbocycles. The summed E-state index contributed by atoms with van der Waals surface area (Å²) in [7, 11) is 0. The Morgan fingerprint density at radius 1 is 1.07 bits per heavy atom. The monoisotopic (exact) mass is 364 g/mol. The third-order valence-electron chi connectivity index (χ3n) is 5.31. The van der Waals surface area contributed by atoms with E-state index in [0.717, 1.165) is 35.3 Å². The number of benzene rings is 2. The number of para-hydroxylation sites is 1. The van der Waals surface area contributed by atoms with Crippen molar-refractivity contribution >= 4 is 23.2 Å². The van der Waals surface area contributed by atoms with Gasteiger partial charge in [-0.1, -0.05) is 35.9 Å². The van der Waals surface area contributed by atoms with Crippen LogP contribution >= 0.6 is 0 Å². The van der Waals surface area contributed by atoms with Crippen molar-refractivity contribution in [3.8, 4) is 0 Å². The van der Waals surface area contributed by atoms with E-state index in [1.54, 1.807) is 4.90 Å². The van der Waals surface area contributed by atoms with Crippen molar-refractivity contribution in [2.24, 2.45) is 0 Å². The number of nitrogens with zero attached hydrogens (tertiary/aromatic N) is 1. The van der Waals surface area contributed by atoms with E-state index in [-0.39, 0.29) is 11.8 Å². The largest absolute Gasteiger partial charge is 0.368 e. The van der Waals surface area contributed by atoms with Gasteiger partial charge in [-0.25, -0.2) is 0 Å². The summed E-state index contributed by atoms with van der Waals surface area (Å²) in [6, 6.07) is 15.0. The number of aryl methyl sites for hydroxylation is 2. The molecule has 5 nitrogen and oxygen atoms in total. The zero-order valence-corrected chi connectivity index (χ0v) is 15.5. The summed E-state index contributed by atoms with van der Waals surface area (Å²) in [6.45, 7) is 2.61. The smallest absolute Gasteiger partial charge is 0.256 e. The Morgan fingerprint density at radius 2 is 1.85 bits per heavy atom. The predicted octanol–water partition coefficient (Wildman–Crippen LogP) is 3.46. The molecule has 0 radical (unpaired) electrons. The van der Waals surface area contributed by atoms with E-state index in [1.165, 1.54) is 0 Å². The minimum atomic E-state index is -0.530. The second-order valence-electron chi connectivity index (χ2n) is 7.25. The first kappa shape index (κ1) is 17.7. The highest BCUT2D eigenvalue weighted by Crippen LogP contribution is 2.33. The lowest BCUT2D eigenvalue weighted by atomic mass is 9.94. The molecule has 0 bridgehead atoms. The van der Waals surface area contributed by atoms with Crippen molar-refractivity contribution in [1.82, 2.24) is 0 Å². The van der Waals surface area contributed by atoms with E-state index in [0.29, 0.717) is 19.4 Å². The minimum absolute atomic E-state index is 0.108. The number of hydrogen-bond donors (Lipinski definition) is 1. The number of nitrogens with one attached hydrogen (secondary N) is 1. The molecule has 5 heteroatoms. The molecule has 0 unspecified atom stereocenters. The number of fused-ring (bicyclic) bond motifs is 1. The zero-order valence-electron chi connectivity index (χ0n) is 15.5. The fraction of sp³-hybridized carbons (Fsp3) is 0.364. The Morgan fingerprint density at radius 3 is 2.59 bits per heavy atom. The van der Waals surface area contributed by atoms with Gasteiger partial charge in [-0.3, -0.25) is 14.5 Å². The van der Waals surface area contributed by atoms with Gasteiger partial charge in [0, 0.05) is 18.0 Å². The average molecular weight is 364 g/mol. The highest BCUT2D eigenvalue weighted by molar-refractivity contribution is 6.07. The van der Waals surface area contributed by atoms with Gasteiger partial charge >= 0.3 is 0 Å². The molecule has 4 rings (SSSR count). The van der Waals surface area contributed by atoms with Gasteiger partial charge in [0.15, 0.2) is 0 Å². The van der Waals surface area contributed by atoms with Gasteiger partial charge in [0.2, 0.25) is 5.91 Å². The maximum Gasteiger partial charge on any atom is 0.256 e. The first-order valence-corrected chi connectivity index (χ1v) is 9.53. The lowest BCUT2D eigenvalue weighted by Crippen LogP contribution is -2.53. The number of anilines is 2. The topological polar surface area (TPSA) is 58.6 Å². The molecular weight excluding hydrogens is 340 g/mol. The van der Waals surface area contributed by atoms with Crippen molar-refractivity contribution in [3.05, 3.63) is 59.7 Å². The van der Waals surface area contributed by atoms with Crippen molar-refractivity contribution in [2.75, 3.05) is 16.8 Å². The van der Waals surface area contributed by atoms with Crippen LogP contribution in [0, 0.1) is 6.92 Å². The maximum absolute atomic E-state index is 13.2. The van der Waals surface area contributed by atoms with Crippen LogP contribution < -0.4 is 10.2 Å². The van der Waals surface area contributed by atoms with Gasteiger partial charge in [0.05, 0.1) is 0 Å². The van der Waals surface area contributed by atoms with Crippen LogP contribution in [-0.4, -0.2) is 30.6 Å². The molecule has 0 spiro atoms. The molecule has 1 fully saturated rings. The lowest BCUT2D eigenvalue weighted by molar-refractivity contribution is -0.130. The van der Waals surface area contributed by atoms with Crippen LogP contribution in [0.15, 0.2) is 48.5 Å². The summed E-state index contributed by atoms with van der Waals surface area (Å²) in [6.07, 6.45) is 2.52. The Balaban J connectivity index is 1.62. The predicted molar refractivity (Wildman–Crippen MR) is 105 cm³/mol. The van der Waals surface area contributed by atoms with Gasteiger partial charge in [0.1, 0.15) is 12.1 Å². The van der Waals surface area contributed by atoms with Gasteiger partial charge in [-0.05, 0) is 56.4 Å². The standard InChI is InChI=1S/C22H24N2O3/c1-15-8-11-17(12-9-15)23-21(25)19-13-10-16-5-2-3-6-18(16)24(19)22(26)20-7-4-14-27-20/h2-3,5-6,8-9,11-12,19-20H,4,7,10,13-14H2,1H3,(H,23,25)/t19-,20-/m0/s1. The first-order valence-electron chi connectivity index (χ1n) is 9.53. The molecule has 140 valence electrons. The quantitative estimate of drug-likeness (QED) is 0.907. The highest BCUT2D eigenvalue weighted by atomic mass is 16.5. The van der Waals surface area contributed by atoms with Crippen LogP contribution in [-0.2, 0) is 20.7 Å². The SMILES string of the molecule is Cc1ccc(NC(=O)[C@@H]2CCc3ccccc3N2C(=O)[C@@H]2CCCO2)cc1. The first-order chi connectivity index (χ1) is 13.1. The summed E-state index contributed by atoms with van der Waals surface area (Å²) in [5.74, 6) is -0.261. The third-order valence-corrected chi connectivity index (χ3v) is 5.31. The fourth-order valence-corrected chi connectivity index (χ4v) is 3.86. The lowest BCUT2D eigenvalue weighted by Gasteiger charge is -2.37. The zero-order chi connectivity index (χ0) is 18.8. The number of hydrogen-bond acceptors (Lipinski definition) is 3. The van der Waals surface area contributed by atoms with Gasteiger partial charge in [0.25, 0.3) is 5.91 Å². The van der Waals surface area contributed by atoms with E-state index in [9.17, 15) is 9.59 Å². The number of amides is 2.